The normalized spacial score (nSPS) is 20.0. The van der Waals surface area contributed by atoms with Crippen molar-refractivity contribution in [2.75, 3.05) is 31.0 Å². The molecule has 0 spiro atoms. The van der Waals surface area contributed by atoms with Gasteiger partial charge in [0.2, 0.25) is 5.91 Å². The second-order valence-electron chi connectivity index (χ2n) is 4.47. The molecule has 0 aromatic heterocycles. The van der Waals surface area contributed by atoms with Crippen LogP contribution in [-0.4, -0.2) is 33.2 Å². The topological polar surface area (TPSA) is 32.8 Å². The molecule has 1 aromatic rings. The van der Waals surface area contributed by atoms with Gasteiger partial charge in [-0.05, 0) is 19.1 Å². The van der Waals surface area contributed by atoms with Crippen LogP contribution in [0, 0.1) is 0 Å². The van der Waals surface area contributed by atoms with E-state index in [1.54, 1.807) is 12.0 Å². The lowest BCUT2D eigenvalue weighted by molar-refractivity contribution is -0.118. The van der Waals surface area contributed by atoms with Crippen LogP contribution in [0.3, 0.4) is 0 Å². The molecule has 0 bridgehead atoms. The molecule has 17 heavy (non-hydrogen) atoms. The first kappa shape index (κ1) is 11.8. The van der Waals surface area contributed by atoms with Gasteiger partial charge in [0.15, 0.2) is 0 Å². The third-order valence-electron chi connectivity index (χ3n) is 3.43. The molecule has 1 heterocycles. The molecule has 0 N–H and O–H groups in total. The third-order valence-corrected chi connectivity index (χ3v) is 3.43. The molecule has 0 saturated carbocycles. The van der Waals surface area contributed by atoms with E-state index in [1.165, 1.54) is 0 Å². The van der Waals surface area contributed by atoms with Crippen molar-refractivity contribution < 1.29 is 9.53 Å². The van der Waals surface area contributed by atoms with Gasteiger partial charge >= 0.3 is 0 Å². The van der Waals surface area contributed by atoms with Crippen molar-refractivity contribution in [2.45, 2.75) is 19.4 Å². The average Bonchev–Trinajstić information content (AvgIpc) is 2.42. The molecule has 0 unspecified atom stereocenters. The number of methoxy groups -OCH3 is 1. The van der Waals surface area contributed by atoms with Crippen molar-refractivity contribution in [3.8, 4) is 5.75 Å². The number of rotatable bonds is 1. The van der Waals surface area contributed by atoms with Gasteiger partial charge in [0, 0.05) is 32.6 Å². The molecule has 0 aliphatic carbocycles. The summed E-state index contributed by atoms with van der Waals surface area (Å²) in [6.45, 7) is 2.06. The summed E-state index contributed by atoms with van der Waals surface area (Å²) in [6, 6.07) is 5.98. The minimum Gasteiger partial charge on any atom is -0.497 e. The molecule has 0 radical (unpaired) electrons. The molecule has 4 heteroatoms. The second kappa shape index (κ2) is 4.28. The molecule has 0 fully saturated rings. The standard InChI is InChI=1S/C13H18N2O2/c1-9-7-13(16)15(3)11-6-5-10(17-4)8-12(11)14(9)2/h5-6,8-9H,7H2,1-4H3/t9-/m0/s1. The van der Waals surface area contributed by atoms with Crippen LogP contribution in [0.25, 0.3) is 0 Å². The Hall–Kier alpha value is -1.71. The number of carbonyl (C=O) groups is 1. The maximum atomic E-state index is 12.0. The van der Waals surface area contributed by atoms with E-state index in [0.717, 1.165) is 17.1 Å². The van der Waals surface area contributed by atoms with E-state index in [4.69, 9.17) is 4.74 Å². The third kappa shape index (κ3) is 1.95. The molecule has 1 aromatic carbocycles. The van der Waals surface area contributed by atoms with Crippen LogP contribution in [0.5, 0.6) is 5.75 Å². The van der Waals surface area contributed by atoms with E-state index in [-0.39, 0.29) is 11.9 Å². The lowest BCUT2D eigenvalue weighted by Crippen LogP contribution is -2.31. The van der Waals surface area contributed by atoms with E-state index < -0.39 is 0 Å². The van der Waals surface area contributed by atoms with E-state index in [2.05, 4.69) is 11.8 Å². The molecular weight excluding hydrogens is 216 g/mol. The molecule has 1 atom stereocenters. The summed E-state index contributed by atoms with van der Waals surface area (Å²) in [5.74, 6) is 0.957. The lowest BCUT2D eigenvalue weighted by Gasteiger charge is -2.25. The van der Waals surface area contributed by atoms with Crippen LogP contribution < -0.4 is 14.5 Å². The van der Waals surface area contributed by atoms with Crippen molar-refractivity contribution in [1.82, 2.24) is 0 Å². The largest absolute Gasteiger partial charge is 0.497 e. The summed E-state index contributed by atoms with van der Waals surface area (Å²) in [6.07, 6.45) is 0.532. The fraction of sp³-hybridized carbons (Fsp3) is 0.462. The highest BCUT2D eigenvalue weighted by Gasteiger charge is 2.26. The molecule has 1 amide bonds. The van der Waals surface area contributed by atoms with E-state index in [1.807, 2.05) is 32.3 Å². The number of carbonyl (C=O) groups excluding carboxylic acids is 1. The highest BCUT2D eigenvalue weighted by atomic mass is 16.5. The number of hydrogen-bond donors (Lipinski definition) is 0. The maximum Gasteiger partial charge on any atom is 0.228 e. The van der Waals surface area contributed by atoms with Gasteiger partial charge in [-0.1, -0.05) is 0 Å². The first-order valence-electron chi connectivity index (χ1n) is 5.72. The molecule has 0 saturated heterocycles. The van der Waals surface area contributed by atoms with Crippen molar-refractivity contribution in [2.24, 2.45) is 0 Å². The van der Waals surface area contributed by atoms with E-state index in [9.17, 15) is 4.79 Å². The van der Waals surface area contributed by atoms with Crippen LogP contribution in [0.4, 0.5) is 11.4 Å². The SMILES string of the molecule is COc1ccc2c(c1)N(C)[C@@H](C)CC(=O)N2C. The van der Waals surface area contributed by atoms with Gasteiger partial charge in [-0.25, -0.2) is 0 Å². The Labute approximate surface area is 102 Å². The molecule has 1 aliphatic rings. The van der Waals surface area contributed by atoms with Gasteiger partial charge < -0.3 is 14.5 Å². The fourth-order valence-corrected chi connectivity index (χ4v) is 2.09. The smallest absolute Gasteiger partial charge is 0.228 e. The van der Waals surface area contributed by atoms with Crippen LogP contribution in [0.2, 0.25) is 0 Å². The lowest BCUT2D eigenvalue weighted by atomic mass is 10.2. The van der Waals surface area contributed by atoms with Gasteiger partial charge in [-0.3, -0.25) is 4.79 Å². The summed E-state index contributed by atoms with van der Waals surface area (Å²) in [7, 11) is 5.48. The molecular formula is C13H18N2O2. The van der Waals surface area contributed by atoms with Gasteiger partial charge in [0.05, 0.1) is 18.5 Å². The summed E-state index contributed by atoms with van der Waals surface area (Å²) < 4.78 is 5.24. The molecule has 92 valence electrons. The van der Waals surface area contributed by atoms with Crippen molar-refractivity contribution in [3.63, 3.8) is 0 Å². The van der Waals surface area contributed by atoms with Crippen LogP contribution in [-0.2, 0) is 4.79 Å². The highest BCUT2D eigenvalue weighted by Crippen LogP contribution is 2.36. The van der Waals surface area contributed by atoms with Crippen LogP contribution in [0.15, 0.2) is 18.2 Å². The Morgan fingerprint density at radius 1 is 1.29 bits per heavy atom. The van der Waals surface area contributed by atoms with Crippen molar-refractivity contribution in [1.29, 1.82) is 0 Å². The molecule has 1 aliphatic heterocycles. The first-order valence-corrected chi connectivity index (χ1v) is 5.72. The van der Waals surface area contributed by atoms with E-state index in [0.29, 0.717) is 6.42 Å². The number of anilines is 2. The minimum absolute atomic E-state index is 0.147. The number of nitrogens with zero attached hydrogens (tertiary/aromatic N) is 2. The second-order valence-corrected chi connectivity index (χ2v) is 4.47. The highest BCUT2D eigenvalue weighted by molar-refractivity contribution is 5.98. The summed E-state index contributed by atoms with van der Waals surface area (Å²) in [5.41, 5.74) is 1.97. The number of amides is 1. The summed E-state index contributed by atoms with van der Waals surface area (Å²) in [4.78, 5) is 15.8. The Morgan fingerprint density at radius 2 is 2.00 bits per heavy atom. The predicted octanol–water partition coefficient (Wildman–Crippen LogP) is 1.89. The quantitative estimate of drug-likeness (QED) is 0.744. The minimum atomic E-state index is 0.147. The van der Waals surface area contributed by atoms with E-state index >= 15 is 0 Å². The van der Waals surface area contributed by atoms with Gasteiger partial charge in [0.1, 0.15) is 5.75 Å². The maximum absolute atomic E-state index is 12.0. The van der Waals surface area contributed by atoms with Gasteiger partial charge in [0.25, 0.3) is 0 Å². The Bertz CT molecular complexity index is 445. The zero-order chi connectivity index (χ0) is 12.6. The zero-order valence-electron chi connectivity index (χ0n) is 10.7. The Morgan fingerprint density at radius 3 is 2.65 bits per heavy atom. The van der Waals surface area contributed by atoms with Crippen LogP contribution in [0.1, 0.15) is 13.3 Å². The Balaban J connectivity index is 2.55. The Kier molecular flexibility index (Phi) is 2.96. The molecule has 4 nitrogen and oxygen atoms in total. The number of ether oxygens (including phenoxy) is 1. The van der Waals surface area contributed by atoms with Gasteiger partial charge in [-0.15, -0.1) is 0 Å². The first-order chi connectivity index (χ1) is 8.04. The number of hydrogen-bond acceptors (Lipinski definition) is 3. The van der Waals surface area contributed by atoms with Gasteiger partial charge in [-0.2, -0.15) is 0 Å². The zero-order valence-corrected chi connectivity index (χ0v) is 10.7. The molecule has 2 rings (SSSR count). The summed E-state index contributed by atoms with van der Waals surface area (Å²) in [5, 5.41) is 0. The van der Waals surface area contributed by atoms with Crippen LogP contribution >= 0.6 is 0 Å². The number of fused-ring (bicyclic) bond motifs is 1. The average molecular weight is 234 g/mol. The monoisotopic (exact) mass is 234 g/mol. The number of benzene rings is 1. The van der Waals surface area contributed by atoms with Crippen molar-refractivity contribution >= 4 is 17.3 Å². The summed E-state index contributed by atoms with van der Waals surface area (Å²) >= 11 is 0. The fourth-order valence-electron chi connectivity index (χ4n) is 2.09. The van der Waals surface area contributed by atoms with Crippen molar-refractivity contribution in [3.05, 3.63) is 18.2 Å². The predicted molar refractivity (Wildman–Crippen MR) is 68.9 cm³/mol.